The average molecular weight is 392 g/mol. The van der Waals surface area contributed by atoms with Gasteiger partial charge in [0.05, 0.1) is 17.6 Å². The number of aldehydes is 1. The molecule has 144 valence electrons. The molecule has 27 heavy (non-hydrogen) atoms. The predicted octanol–water partition coefficient (Wildman–Crippen LogP) is 1.74. The third-order valence-corrected chi connectivity index (χ3v) is 5.29. The molecule has 0 saturated carbocycles. The molecule has 0 aliphatic carbocycles. The van der Waals surface area contributed by atoms with E-state index in [2.05, 4.69) is 10.0 Å². The highest BCUT2D eigenvalue weighted by Gasteiger charge is 2.16. The molecule has 0 radical (unpaired) electrons. The Morgan fingerprint density at radius 1 is 1.19 bits per heavy atom. The van der Waals surface area contributed by atoms with E-state index in [4.69, 9.17) is 9.47 Å². The van der Waals surface area contributed by atoms with Crippen molar-refractivity contribution in [2.75, 3.05) is 26.1 Å². The summed E-state index contributed by atoms with van der Waals surface area (Å²) in [4.78, 5) is 23.3. The molecule has 1 amide bonds. The maximum atomic E-state index is 12.1. The van der Waals surface area contributed by atoms with Crippen molar-refractivity contribution in [3.63, 3.8) is 0 Å². The molecule has 8 nitrogen and oxygen atoms in total. The van der Waals surface area contributed by atoms with Crippen LogP contribution in [-0.4, -0.2) is 41.4 Å². The van der Waals surface area contributed by atoms with Crippen molar-refractivity contribution in [3.8, 4) is 11.5 Å². The van der Waals surface area contributed by atoms with E-state index in [0.717, 1.165) is 0 Å². The second-order valence-electron chi connectivity index (χ2n) is 5.55. The molecule has 2 aromatic carbocycles. The Bertz CT molecular complexity index is 956. The van der Waals surface area contributed by atoms with E-state index >= 15 is 0 Å². The maximum absolute atomic E-state index is 12.1. The molecule has 2 rings (SSSR count). The van der Waals surface area contributed by atoms with Gasteiger partial charge in [-0.05, 0) is 49.9 Å². The number of hydrogen-bond acceptors (Lipinski definition) is 6. The summed E-state index contributed by atoms with van der Waals surface area (Å²) in [6.45, 7) is 1.30. The number of aryl methyl sites for hydroxylation is 1. The number of benzene rings is 2. The highest BCUT2D eigenvalue weighted by atomic mass is 32.2. The van der Waals surface area contributed by atoms with Crippen molar-refractivity contribution in [2.45, 2.75) is 11.8 Å². The quantitative estimate of drug-likeness (QED) is 0.662. The van der Waals surface area contributed by atoms with Gasteiger partial charge in [0, 0.05) is 5.69 Å². The summed E-state index contributed by atoms with van der Waals surface area (Å²) in [7, 11) is -0.854. The van der Waals surface area contributed by atoms with Crippen molar-refractivity contribution in [3.05, 3.63) is 47.5 Å². The van der Waals surface area contributed by atoms with E-state index in [1.54, 1.807) is 25.1 Å². The number of carbonyl (C=O) groups is 2. The number of amides is 1. The lowest BCUT2D eigenvalue weighted by atomic mass is 10.2. The van der Waals surface area contributed by atoms with E-state index in [0.29, 0.717) is 23.3 Å². The summed E-state index contributed by atoms with van der Waals surface area (Å²) in [5, 5.41) is 2.57. The Kier molecular flexibility index (Phi) is 6.54. The van der Waals surface area contributed by atoms with Crippen molar-refractivity contribution in [1.82, 2.24) is 4.72 Å². The number of hydrogen-bond donors (Lipinski definition) is 2. The van der Waals surface area contributed by atoms with Gasteiger partial charge < -0.3 is 14.8 Å². The van der Waals surface area contributed by atoms with Crippen LogP contribution in [-0.2, 0) is 14.8 Å². The zero-order chi connectivity index (χ0) is 20.0. The summed E-state index contributed by atoms with van der Waals surface area (Å²) in [5.74, 6) is 0.231. The first-order chi connectivity index (χ1) is 12.8. The third-order valence-electron chi connectivity index (χ3n) is 3.73. The zero-order valence-corrected chi connectivity index (χ0v) is 15.9. The van der Waals surface area contributed by atoms with Crippen LogP contribution in [0.5, 0.6) is 11.5 Å². The lowest BCUT2D eigenvalue weighted by Crippen LogP contribution is -2.22. The van der Waals surface area contributed by atoms with Crippen molar-refractivity contribution < 1.29 is 27.5 Å². The van der Waals surface area contributed by atoms with Gasteiger partial charge in [-0.15, -0.1) is 0 Å². The average Bonchev–Trinajstić information content (AvgIpc) is 2.67. The first-order valence-corrected chi connectivity index (χ1v) is 9.39. The van der Waals surface area contributed by atoms with Crippen LogP contribution in [0.1, 0.15) is 15.9 Å². The fraction of sp³-hybridized carbons (Fsp3) is 0.222. The molecule has 2 N–H and O–H groups in total. The lowest BCUT2D eigenvalue weighted by molar-refractivity contribution is -0.118. The van der Waals surface area contributed by atoms with Gasteiger partial charge in [0.15, 0.2) is 12.9 Å². The van der Waals surface area contributed by atoms with Gasteiger partial charge in [-0.1, -0.05) is 6.07 Å². The number of nitrogens with one attached hydrogen (secondary N) is 2. The molecule has 0 aliphatic rings. The van der Waals surface area contributed by atoms with Gasteiger partial charge in [-0.2, -0.15) is 0 Å². The molecule has 0 aliphatic heterocycles. The highest BCUT2D eigenvalue weighted by molar-refractivity contribution is 7.89. The number of sulfonamides is 1. The van der Waals surface area contributed by atoms with Crippen LogP contribution in [0.25, 0.3) is 0 Å². The summed E-state index contributed by atoms with van der Waals surface area (Å²) >= 11 is 0. The molecule has 0 heterocycles. The van der Waals surface area contributed by atoms with Crippen LogP contribution in [0.15, 0.2) is 41.3 Å². The van der Waals surface area contributed by atoms with Crippen molar-refractivity contribution in [2.24, 2.45) is 0 Å². The van der Waals surface area contributed by atoms with Crippen LogP contribution < -0.4 is 19.5 Å². The Balaban J connectivity index is 2.09. The summed E-state index contributed by atoms with van der Waals surface area (Å²) < 4.78 is 36.6. The minimum absolute atomic E-state index is 0.0714. The second-order valence-corrected chi connectivity index (χ2v) is 7.40. The molecule has 0 saturated heterocycles. The van der Waals surface area contributed by atoms with E-state index < -0.39 is 15.9 Å². The first kappa shape index (κ1) is 20.4. The van der Waals surface area contributed by atoms with E-state index in [1.807, 2.05) is 0 Å². The normalized spacial score (nSPS) is 10.9. The lowest BCUT2D eigenvalue weighted by Gasteiger charge is -2.12. The van der Waals surface area contributed by atoms with Crippen LogP contribution >= 0.6 is 0 Å². The molecule has 0 unspecified atom stereocenters. The highest BCUT2D eigenvalue weighted by Crippen LogP contribution is 2.23. The largest absolute Gasteiger partial charge is 0.497 e. The molecule has 2 aromatic rings. The van der Waals surface area contributed by atoms with Crippen molar-refractivity contribution in [1.29, 1.82) is 0 Å². The van der Waals surface area contributed by atoms with E-state index in [-0.39, 0.29) is 22.8 Å². The zero-order valence-electron chi connectivity index (χ0n) is 15.1. The molecule has 0 spiro atoms. The summed E-state index contributed by atoms with van der Waals surface area (Å²) in [5.41, 5.74) is 1.11. The summed E-state index contributed by atoms with van der Waals surface area (Å²) in [6, 6.07) is 9.17. The van der Waals surface area contributed by atoms with E-state index in [9.17, 15) is 18.0 Å². The molecule has 0 bridgehead atoms. The SMILES string of the molecule is CNS(=O)(=O)c1cc(NC(=O)COc2ccc(OC)cc2C=O)ccc1C. The monoisotopic (exact) mass is 392 g/mol. The van der Waals surface area contributed by atoms with E-state index in [1.165, 1.54) is 32.4 Å². The number of rotatable bonds is 8. The van der Waals surface area contributed by atoms with Gasteiger partial charge in [0.25, 0.3) is 5.91 Å². The van der Waals surface area contributed by atoms with Crippen molar-refractivity contribution >= 4 is 27.9 Å². The number of carbonyl (C=O) groups excluding carboxylic acids is 2. The Labute approximate surface area is 157 Å². The van der Waals surface area contributed by atoms with Gasteiger partial charge in [-0.3, -0.25) is 9.59 Å². The standard InChI is InChI=1S/C18H20N2O6S/c1-12-4-5-14(9-17(12)27(23,24)19-2)20-18(22)11-26-16-7-6-15(25-3)8-13(16)10-21/h4-10,19H,11H2,1-3H3,(H,20,22). The molecular formula is C18H20N2O6S. The second kappa shape index (κ2) is 8.65. The third kappa shape index (κ3) is 5.05. The van der Waals surface area contributed by atoms with Crippen LogP contribution in [0, 0.1) is 6.92 Å². The minimum atomic E-state index is -3.64. The topological polar surface area (TPSA) is 111 Å². The Hall–Kier alpha value is -2.91. The molecule has 0 atom stereocenters. The molecule has 0 fully saturated rings. The number of anilines is 1. The van der Waals surface area contributed by atoms with Crippen LogP contribution in [0.4, 0.5) is 5.69 Å². The smallest absolute Gasteiger partial charge is 0.262 e. The molecule has 9 heteroatoms. The number of ether oxygens (including phenoxy) is 2. The van der Waals surface area contributed by atoms with Gasteiger partial charge in [0.1, 0.15) is 11.5 Å². The fourth-order valence-corrected chi connectivity index (χ4v) is 3.29. The molecular weight excluding hydrogens is 372 g/mol. The predicted molar refractivity (Wildman–Crippen MR) is 99.9 cm³/mol. The fourth-order valence-electron chi connectivity index (χ4n) is 2.29. The van der Waals surface area contributed by atoms with Gasteiger partial charge in [-0.25, -0.2) is 13.1 Å². The maximum Gasteiger partial charge on any atom is 0.262 e. The number of methoxy groups -OCH3 is 1. The first-order valence-electron chi connectivity index (χ1n) is 7.90. The summed E-state index contributed by atoms with van der Waals surface area (Å²) in [6.07, 6.45) is 0.602. The van der Waals surface area contributed by atoms with Gasteiger partial charge in [0.2, 0.25) is 10.0 Å². The Morgan fingerprint density at radius 3 is 2.56 bits per heavy atom. The molecule has 0 aromatic heterocycles. The van der Waals surface area contributed by atoms with Crippen LogP contribution in [0.2, 0.25) is 0 Å². The Morgan fingerprint density at radius 2 is 1.93 bits per heavy atom. The minimum Gasteiger partial charge on any atom is -0.497 e. The van der Waals surface area contributed by atoms with Crippen LogP contribution in [0.3, 0.4) is 0 Å². The van der Waals surface area contributed by atoms with Gasteiger partial charge >= 0.3 is 0 Å².